The highest BCUT2D eigenvalue weighted by atomic mass is 16.5. The summed E-state index contributed by atoms with van der Waals surface area (Å²) in [5.74, 6) is 0.850. The van der Waals surface area contributed by atoms with Crippen LogP contribution in [0, 0.1) is 5.92 Å². The van der Waals surface area contributed by atoms with Crippen molar-refractivity contribution < 1.29 is 14.6 Å². The summed E-state index contributed by atoms with van der Waals surface area (Å²) < 4.78 is 10.8. The number of aliphatic hydroxyl groups excluding tert-OH is 1. The fourth-order valence-corrected chi connectivity index (χ4v) is 2.25. The van der Waals surface area contributed by atoms with Gasteiger partial charge in [0.1, 0.15) is 0 Å². The fraction of sp³-hybridized carbons (Fsp3) is 1.00. The fourth-order valence-electron chi connectivity index (χ4n) is 2.25. The minimum absolute atomic E-state index is 0.287. The Morgan fingerprint density at radius 3 is 2.84 bits per heavy atom. The predicted molar refractivity (Wildman–Crippen MR) is 74.3 cm³/mol. The van der Waals surface area contributed by atoms with Gasteiger partial charge in [0.15, 0.2) is 0 Å². The molecule has 2 fully saturated rings. The highest BCUT2D eigenvalue weighted by molar-refractivity contribution is 4.72. The SMILES string of the molecule is OC(CNCCCOCC1CC1)CN1CCOCC1. The Bertz CT molecular complexity index is 231. The standard InChI is InChI=1S/C14H28N2O3/c17-14(11-16-5-8-18-9-6-16)10-15-4-1-7-19-12-13-2-3-13/h13-15,17H,1-12H2. The first kappa shape index (κ1) is 15.2. The Morgan fingerprint density at radius 1 is 1.32 bits per heavy atom. The maximum atomic E-state index is 9.91. The number of nitrogens with one attached hydrogen (secondary N) is 1. The molecule has 2 N–H and O–H groups in total. The van der Waals surface area contributed by atoms with Gasteiger partial charge < -0.3 is 19.9 Å². The molecule has 0 bridgehead atoms. The summed E-state index contributed by atoms with van der Waals surface area (Å²) in [5.41, 5.74) is 0. The van der Waals surface area contributed by atoms with Gasteiger partial charge in [0.05, 0.1) is 19.3 Å². The molecule has 0 spiro atoms. The van der Waals surface area contributed by atoms with Crippen LogP contribution in [-0.4, -0.2) is 75.3 Å². The normalized spacial score (nSPS) is 22.6. The van der Waals surface area contributed by atoms with E-state index in [0.29, 0.717) is 6.54 Å². The molecule has 0 aromatic carbocycles. The van der Waals surface area contributed by atoms with E-state index in [1.807, 2.05) is 0 Å². The zero-order chi connectivity index (χ0) is 13.3. The zero-order valence-corrected chi connectivity index (χ0v) is 11.9. The van der Waals surface area contributed by atoms with E-state index in [2.05, 4.69) is 10.2 Å². The summed E-state index contributed by atoms with van der Waals surface area (Å²) >= 11 is 0. The number of hydrogen-bond acceptors (Lipinski definition) is 5. The van der Waals surface area contributed by atoms with Crippen LogP contribution in [0.15, 0.2) is 0 Å². The predicted octanol–water partition coefficient (Wildman–Crippen LogP) is 0.0858. The topological polar surface area (TPSA) is 54.0 Å². The smallest absolute Gasteiger partial charge is 0.0791 e. The first-order chi connectivity index (χ1) is 9.34. The second-order valence-electron chi connectivity index (χ2n) is 5.64. The number of ether oxygens (including phenoxy) is 2. The molecule has 1 unspecified atom stereocenters. The van der Waals surface area contributed by atoms with Crippen LogP contribution in [0.5, 0.6) is 0 Å². The largest absolute Gasteiger partial charge is 0.390 e. The molecule has 5 heteroatoms. The van der Waals surface area contributed by atoms with E-state index in [1.165, 1.54) is 12.8 Å². The molecule has 5 nitrogen and oxygen atoms in total. The first-order valence-corrected chi connectivity index (χ1v) is 7.61. The molecule has 0 amide bonds. The van der Waals surface area contributed by atoms with Crippen molar-refractivity contribution in [2.45, 2.75) is 25.4 Å². The molecular weight excluding hydrogens is 244 g/mol. The number of aliphatic hydroxyl groups is 1. The molecule has 0 aromatic heterocycles. The molecule has 1 atom stereocenters. The van der Waals surface area contributed by atoms with Crippen molar-refractivity contribution in [1.82, 2.24) is 10.2 Å². The zero-order valence-electron chi connectivity index (χ0n) is 11.9. The van der Waals surface area contributed by atoms with Crippen molar-refractivity contribution in [2.75, 3.05) is 59.2 Å². The Balaban J connectivity index is 1.36. The van der Waals surface area contributed by atoms with E-state index in [-0.39, 0.29) is 6.10 Å². The maximum Gasteiger partial charge on any atom is 0.0791 e. The lowest BCUT2D eigenvalue weighted by atomic mass is 10.3. The summed E-state index contributed by atoms with van der Waals surface area (Å²) in [6.45, 7) is 7.57. The third-order valence-electron chi connectivity index (χ3n) is 3.65. The molecule has 19 heavy (non-hydrogen) atoms. The number of rotatable bonds is 10. The van der Waals surface area contributed by atoms with Crippen LogP contribution in [0.4, 0.5) is 0 Å². The second-order valence-corrected chi connectivity index (χ2v) is 5.64. The maximum absolute atomic E-state index is 9.91. The van der Waals surface area contributed by atoms with E-state index in [0.717, 1.165) is 64.9 Å². The highest BCUT2D eigenvalue weighted by Gasteiger charge is 2.20. The van der Waals surface area contributed by atoms with Gasteiger partial charge in [-0.25, -0.2) is 0 Å². The van der Waals surface area contributed by atoms with Gasteiger partial charge in [-0.2, -0.15) is 0 Å². The van der Waals surface area contributed by atoms with Gasteiger partial charge >= 0.3 is 0 Å². The molecule has 2 aliphatic rings. The van der Waals surface area contributed by atoms with Gasteiger partial charge in [0, 0.05) is 39.4 Å². The second kappa shape index (κ2) is 8.87. The summed E-state index contributed by atoms with van der Waals surface area (Å²) in [4.78, 5) is 2.26. The van der Waals surface area contributed by atoms with Crippen LogP contribution in [0.25, 0.3) is 0 Å². The quantitative estimate of drug-likeness (QED) is 0.552. The monoisotopic (exact) mass is 272 g/mol. The van der Waals surface area contributed by atoms with Crippen molar-refractivity contribution in [2.24, 2.45) is 5.92 Å². The van der Waals surface area contributed by atoms with Crippen molar-refractivity contribution in [1.29, 1.82) is 0 Å². The molecule has 1 heterocycles. The first-order valence-electron chi connectivity index (χ1n) is 7.61. The van der Waals surface area contributed by atoms with Gasteiger partial charge in [-0.05, 0) is 31.7 Å². The van der Waals surface area contributed by atoms with Crippen LogP contribution in [0.1, 0.15) is 19.3 Å². The Morgan fingerprint density at radius 2 is 2.11 bits per heavy atom. The third kappa shape index (κ3) is 7.22. The number of morpholine rings is 1. The molecule has 112 valence electrons. The van der Waals surface area contributed by atoms with Gasteiger partial charge in [-0.1, -0.05) is 0 Å². The molecule has 0 radical (unpaired) electrons. The van der Waals surface area contributed by atoms with Crippen LogP contribution in [0.3, 0.4) is 0 Å². The molecule has 0 aromatic rings. The van der Waals surface area contributed by atoms with E-state index in [1.54, 1.807) is 0 Å². The van der Waals surface area contributed by atoms with Gasteiger partial charge in [0.2, 0.25) is 0 Å². The van der Waals surface area contributed by atoms with E-state index in [9.17, 15) is 5.11 Å². The van der Waals surface area contributed by atoms with Crippen LogP contribution >= 0.6 is 0 Å². The molecule has 1 aliphatic carbocycles. The van der Waals surface area contributed by atoms with Crippen molar-refractivity contribution in [3.63, 3.8) is 0 Å². The summed E-state index contributed by atoms with van der Waals surface area (Å²) in [6.07, 6.45) is 3.44. The van der Waals surface area contributed by atoms with Crippen molar-refractivity contribution >= 4 is 0 Å². The van der Waals surface area contributed by atoms with E-state index >= 15 is 0 Å². The number of β-amino-alcohol motifs (C(OH)–C–C–N with tert-alkyl or cyclic N) is 1. The summed E-state index contributed by atoms with van der Waals surface area (Å²) in [5, 5.41) is 13.2. The van der Waals surface area contributed by atoms with Crippen LogP contribution in [0.2, 0.25) is 0 Å². The van der Waals surface area contributed by atoms with Crippen LogP contribution in [-0.2, 0) is 9.47 Å². The van der Waals surface area contributed by atoms with Crippen molar-refractivity contribution in [3.05, 3.63) is 0 Å². The molecule has 2 rings (SSSR count). The number of nitrogens with zero attached hydrogens (tertiary/aromatic N) is 1. The van der Waals surface area contributed by atoms with E-state index < -0.39 is 0 Å². The lowest BCUT2D eigenvalue weighted by Crippen LogP contribution is -2.43. The molecule has 1 saturated carbocycles. The Hall–Kier alpha value is -0.200. The minimum Gasteiger partial charge on any atom is -0.390 e. The minimum atomic E-state index is -0.287. The lowest BCUT2D eigenvalue weighted by molar-refractivity contribution is 0.0148. The summed E-state index contributed by atoms with van der Waals surface area (Å²) in [7, 11) is 0. The summed E-state index contributed by atoms with van der Waals surface area (Å²) in [6, 6.07) is 0. The van der Waals surface area contributed by atoms with Crippen LogP contribution < -0.4 is 5.32 Å². The van der Waals surface area contributed by atoms with Gasteiger partial charge in [0.25, 0.3) is 0 Å². The van der Waals surface area contributed by atoms with Gasteiger partial charge in [-0.15, -0.1) is 0 Å². The average molecular weight is 272 g/mol. The highest BCUT2D eigenvalue weighted by Crippen LogP contribution is 2.28. The Labute approximate surface area is 116 Å². The van der Waals surface area contributed by atoms with Crippen molar-refractivity contribution in [3.8, 4) is 0 Å². The Kier molecular flexibility index (Phi) is 7.09. The lowest BCUT2D eigenvalue weighted by Gasteiger charge is -2.28. The molecule has 1 saturated heterocycles. The molecule has 1 aliphatic heterocycles. The average Bonchev–Trinajstić information content (AvgIpc) is 3.23. The number of hydrogen-bond donors (Lipinski definition) is 2. The van der Waals surface area contributed by atoms with Gasteiger partial charge in [-0.3, -0.25) is 4.90 Å². The molecular formula is C14H28N2O3. The van der Waals surface area contributed by atoms with E-state index in [4.69, 9.17) is 9.47 Å². The third-order valence-corrected chi connectivity index (χ3v) is 3.65.